The molecule has 3 fully saturated rings. The lowest BCUT2D eigenvalue weighted by molar-refractivity contribution is -0.0104. The summed E-state index contributed by atoms with van der Waals surface area (Å²) in [5.74, 6) is 4.35. The molecule has 2 atom stereocenters. The number of nitrogens with zero attached hydrogens (tertiary/aromatic N) is 3. The van der Waals surface area contributed by atoms with Crippen LogP contribution < -0.4 is 10.6 Å². The third-order valence-corrected chi connectivity index (χ3v) is 8.04. The molecule has 7 nitrogen and oxygen atoms in total. The number of likely N-dealkylation sites (tertiary alicyclic amines) is 1. The minimum absolute atomic E-state index is 0. The second-order valence-electron chi connectivity index (χ2n) is 8.83. The maximum atomic E-state index is 5.81. The van der Waals surface area contributed by atoms with Crippen molar-refractivity contribution in [3.05, 3.63) is 24.2 Å². The van der Waals surface area contributed by atoms with Gasteiger partial charge >= 0.3 is 0 Å². The van der Waals surface area contributed by atoms with Crippen molar-refractivity contribution in [1.29, 1.82) is 0 Å². The van der Waals surface area contributed by atoms with E-state index in [4.69, 9.17) is 14.1 Å². The van der Waals surface area contributed by atoms with Crippen LogP contribution in [0, 0.1) is 0 Å². The van der Waals surface area contributed by atoms with Gasteiger partial charge in [0, 0.05) is 31.9 Å². The van der Waals surface area contributed by atoms with Gasteiger partial charge in [0.2, 0.25) is 0 Å². The van der Waals surface area contributed by atoms with Gasteiger partial charge < -0.3 is 19.8 Å². The number of furan rings is 1. The fourth-order valence-corrected chi connectivity index (χ4v) is 6.46. The zero-order valence-corrected chi connectivity index (χ0v) is 22.5. The van der Waals surface area contributed by atoms with Crippen LogP contribution in [0.5, 0.6) is 0 Å². The van der Waals surface area contributed by atoms with Crippen molar-refractivity contribution in [3.8, 4) is 0 Å². The lowest BCUT2D eigenvalue weighted by Crippen LogP contribution is -2.56. The second kappa shape index (κ2) is 13.4. The third-order valence-electron chi connectivity index (χ3n) is 6.81. The highest BCUT2D eigenvalue weighted by molar-refractivity contribution is 14.0. The topological polar surface area (TPSA) is 65.3 Å². The summed E-state index contributed by atoms with van der Waals surface area (Å²) in [6.07, 6.45) is 6.87. The molecule has 0 aromatic carbocycles. The third kappa shape index (κ3) is 6.77. The summed E-state index contributed by atoms with van der Waals surface area (Å²) >= 11 is 2.06. The van der Waals surface area contributed by atoms with Crippen molar-refractivity contribution in [2.75, 3.05) is 70.5 Å². The molecule has 0 radical (unpaired) electrons. The monoisotopic (exact) mass is 577 g/mol. The molecule has 2 N–H and O–H groups in total. The van der Waals surface area contributed by atoms with Crippen LogP contribution in [0.4, 0.5) is 0 Å². The molecule has 182 valence electrons. The molecule has 3 saturated heterocycles. The smallest absolute Gasteiger partial charge is 0.191 e. The van der Waals surface area contributed by atoms with Gasteiger partial charge in [-0.1, -0.05) is 6.42 Å². The molecule has 0 bridgehead atoms. The Hall–Kier alpha value is -0.490. The van der Waals surface area contributed by atoms with Crippen LogP contribution in [0.1, 0.15) is 44.4 Å². The van der Waals surface area contributed by atoms with Crippen LogP contribution in [0.15, 0.2) is 27.8 Å². The minimum Gasteiger partial charge on any atom is -0.468 e. The predicted octanol–water partition coefficient (Wildman–Crippen LogP) is 3.19. The molecule has 4 rings (SSSR count). The molecular formula is C23H40IN5O2S. The normalized spacial score (nSPS) is 26.5. The fourth-order valence-electron chi connectivity index (χ4n) is 4.99. The number of hydrogen-bond donors (Lipinski definition) is 2. The summed E-state index contributed by atoms with van der Waals surface area (Å²) in [6, 6.07) is 4.35. The van der Waals surface area contributed by atoms with Gasteiger partial charge in [-0.2, -0.15) is 11.8 Å². The lowest BCUT2D eigenvalue weighted by Gasteiger charge is -2.42. The van der Waals surface area contributed by atoms with E-state index in [1.165, 1.54) is 37.2 Å². The van der Waals surface area contributed by atoms with E-state index in [9.17, 15) is 0 Å². The zero-order valence-electron chi connectivity index (χ0n) is 19.4. The Labute approximate surface area is 214 Å². The van der Waals surface area contributed by atoms with E-state index >= 15 is 0 Å². The summed E-state index contributed by atoms with van der Waals surface area (Å²) in [5, 5.41) is 7.11. The van der Waals surface area contributed by atoms with Gasteiger partial charge in [-0.25, -0.2) is 0 Å². The lowest BCUT2D eigenvalue weighted by atomic mass is 9.96. The number of halogens is 1. The summed E-state index contributed by atoms with van der Waals surface area (Å²) in [4.78, 5) is 10.3. The zero-order chi connectivity index (χ0) is 21.4. The van der Waals surface area contributed by atoms with Crippen LogP contribution in [0.2, 0.25) is 0 Å². The van der Waals surface area contributed by atoms with E-state index in [2.05, 4.69) is 45.2 Å². The van der Waals surface area contributed by atoms with E-state index in [1.807, 2.05) is 6.07 Å². The van der Waals surface area contributed by atoms with Gasteiger partial charge in [-0.05, 0) is 57.2 Å². The Morgan fingerprint density at radius 2 is 2.00 bits per heavy atom. The first-order chi connectivity index (χ1) is 15.3. The largest absolute Gasteiger partial charge is 0.468 e. The summed E-state index contributed by atoms with van der Waals surface area (Å²) in [5.41, 5.74) is 0.171. The molecule has 0 spiro atoms. The van der Waals surface area contributed by atoms with Crippen LogP contribution in [0.3, 0.4) is 0 Å². The highest BCUT2D eigenvalue weighted by atomic mass is 127. The summed E-state index contributed by atoms with van der Waals surface area (Å²) in [7, 11) is 0. The number of piperidine rings is 1. The van der Waals surface area contributed by atoms with E-state index in [-0.39, 0.29) is 35.6 Å². The predicted molar refractivity (Wildman–Crippen MR) is 143 cm³/mol. The van der Waals surface area contributed by atoms with Gasteiger partial charge in [0.15, 0.2) is 5.96 Å². The van der Waals surface area contributed by atoms with Crippen LogP contribution in [-0.2, 0) is 4.74 Å². The Balaban J connectivity index is 0.00000289. The molecule has 32 heavy (non-hydrogen) atoms. The number of nitrogens with one attached hydrogen (secondary N) is 2. The standard InChI is InChI=1S/C23H39N5O2S.HI/c1-2-24-22(26-18-23(8-16-31-19-23)28-11-14-29-15-12-28)25-17-20(21-7-6-13-30-21)27-9-4-3-5-10-27;/h6-7,13,20H,2-5,8-12,14-19H2,1H3,(H2,24,25,26);1H. The van der Waals surface area contributed by atoms with Gasteiger partial charge in [-0.3, -0.25) is 14.8 Å². The number of thioether (sulfide) groups is 1. The molecule has 0 aliphatic carbocycles. The maximum absolute atomic E-state index is 5.81. The van der Waals surface area contributed by atoms with Crippen molar-refractivity contribution in [1.82, 2.24) is 20.4 Å². The van der Waals surface area contributed by atoms with Gasteiger partial charge in [0.1, 0.15) is 5.76 Å². The van der Waals surface area contributed by atoms with Gasteiger partial charge in [-0.15, -0.1) is 24.0 Å². The number of rotatable bonds is 8. The molecule has 0 amide bonds. The minimum atomic E-state index is 0. The molecule has 9 heteroatoms. The van der Waals surface area contributed by atoms with Crippen LogP contribution >= 0.6 is 35.7 Å². The number of guanidine groups is 1. The van der Waals surface area contributed by atoms with Crippen LogP contribution in [-0.4, -0.2) is 91.8 Å². The van der Waals surface area contributed by atoms with Crippen molar-refractivity contribution in [2.24, 2.45) is 4.99 Å². The van der Waals surface area contributed by atoms with E-state index in [0.717, 1.165) is 70.7 Å². The number of hydrogen-bond acceptors (Lipinski definition) is 6. The van der Waals surface area contributed by atoms with Crippen molar-refractivity contribution in [3.63, 3.8) is 0 Å². The molecule has 1 aromatic rings. The number of ether oxygens (including phenoxy) is 1. The van der Waals surface area contributed by atoms with Crippen molar-refractivity contribution >= 4 is 41.7 Å². The second-order valence-corrected chi connectivity index (χ2v) is 9.94. The first-order valence-electron chi connectivity index (χ1n) is 12.0. The van der Waals surface area contributed by atoms with Crippen molar-refractivity contribution < 1.29 is 9.15 Å². The first-order valence-corrected chi connectivity index (χ1v) is 13.2. The Morgan fingerprint density at radius 1 is 1.19 bits per heavy atom. The fraction of sp³-hybridized carbons (Fsp3) is 0.783. The molecule has 2 unspecified atom stereocenters. The molecule has 0 saturated carbocycles. The average molecular weight is 578 g/mol. The molecule has 4 heterocycles. The van der Waals surface area contributed by atoms with E-state index in [1.54, 1.807) is 6.26 Å². The maximum Gasteiger partial charge on any atom is 0.191 e. The molecule has 3 aliphatic heterocycles. The van der Waals surface area contributed by atoms with E-state index in [0.29, 0.717) is 0 Å². The first kappa shape index (κ1) is 26.1. The average Bonchev–Trinajstić information content (AvgIpc) is 3.52. The van der Waals surface area contributed by atoms with Crippen molar-refractivity contribution in [2.45, 2.75) is 44.2 Å². The highest BCUT2D eigenvalue weighted by Crippen LogP contribution is 2.34. The Kier molecular flexibility index (Phi) is 10.9. The SMILES string of the molecule is CCNC(=NCC1(N2CCOCC2)CCSC1)NCC(c1ccco1)N1CCCCC1.I. The summed E-state index contributed by atoms with van der Waals surface area (Å²) < 4.78 is 11.4. The molecular weight excluding hydrogens is 537 g/mol. The quantitative estimate of drug-likeness (QED) is 0.280. The number of morpholine rings is 1. The Bertz CT molecular complexity index is 672. The molecule has 1 aromatic heterocycles. The van der Waals surface area contributed by atoms with E-state index < -0.39 is 0 Å². The number of aliphatic imine (C=N–C) groups is 1. The van der Waals surface area contributed by atoms with Gasteiger partial charge in [0.25, 0.3) is 0 Å². The highest BCUT2D eigenvalue weighted by Gasteiger charge is 2.40. The van der Waals surface area contributed by atoms with Gasteiger partial charge in [0.05, 0.1) is 37.6 Å². The molecule has 3 aliphatic rings. The van der Waals surface area contributed by atoms with Crippen LogP contribution in [0.25, 0.3) is 0 Å². The Morgan fingerprint density at radius 3 is 2.66 bits per heavy atom. The summed E-state index contributed by atoms with van der Waals surface area (Å²) in [6.45, 7) is 10.6.